The Hall–Kier alpha value is -1.98. The average Bonchev–Trinajstić information content (AvgIpc) is 2.68. The molecule has 1 amide bonds. The van der Waals surface area contributed by atoms with Gasteiger partial charge in [-0.1, -0.05) is 24.3 Å². The fourth-order valence-corrected chi connectivity index (χ4v) is 3.63. The van der Waals surface area contributed by atoms with Gasteiger partial charge in [0.05, 0.1) is 25.4 Å². The van der Waals surface area contributed by atoms with E-state index in [9.17, 15) is 4.79 Å². The van der Waals surface area contributed by atoms with E-state index in [-0.39, 0.29) is 12.0 Å². The van der Waals surface area contributed by atoms with Gasteiger partial charge in [0.15, 0.2) is 0 Å². The second kappa shape index (κ2) is 8.41. The molecule has 1 unspecified atom stereocenters. The fraction of sp³-hybridized carbons (Fsp3) is 0.350. The van der Waals surface area contributed by atoms with Crippen molar-refractivity contribution in [2.45, 2.75) is 17.4 Å². The largest absolute Gasteiger partial charge is 0.497 e. The molecular weight excluding hydrogens is 334 g/mol. The van der Waals surface area contributed by atoms with Gasteiger partial charge in [0.2, 0.25) is 0 Å². The zero-order chi connectivity index (χ0) is 17.6. The number of morpholine rings is 1. The molecule has 0 aliphatic carbocycles. The van der Waals surface area contributed by atoms with E-state index in [1.165, 1.54) is 5.56 Å². The first-order valence-corrected chi connectivity index (χ1v) is 9.60. The number of hydrogen-bond acceptors (Lipinski definition) is 4. The summed E-state index contributed by atoms with van der Waals surface area (Å²) in [6.07, 6.45) is 2.81. The molecule has 1 fully saturated rings. The van der Waals surface area contributed by atoms with Crippen LogP contribution >= 0.6 is 11.8 Å². The van der Waals surface area contributed by atoms with E-state index < -0.39 is 0 Å². The van der Waals surface area contributed by atoms with Crippen molar-refractivity contribution in [1.82, 2.24) is 4.90 Å². The SMILES string of the molecule is COc1ccc(CC2CN(C(=O)c3ccccc3SC)CCO2)cc1. The number of ether oxygens (including phenoxy) is 2. The summed E-state index contributed by atoms with van der Waals surface area (Å²) < 4.78 is 11.1. The Morgan fingerprint density at radius 1 is 1.24 bits per heavy atom. The normalized spacial score (nSPS) is 17.4. The lowest BCUT2D eigenvalue weighted by Crippen LogP contribution is -2.46. The van der Waals surface area contributed by atoms with Crippen LogP contribution in [0.5, 0.6) is 5.75 Å². The first-order chi connectivity index (χ1) is 12.2. The van der Waals surface area contributed by atoms with Crippen molar-refractivity contribution in [1.29, 1.82) is 0 Å². The Balaban J connectivity index is 1.66. The molecule has 5 heteroatoms. The maximum Gasteiger partial charge on any atom is 0.255 e. The predicted molar refractivity (Wildman–Crippen MR) is 101 cm³/mol. The van der Waals surface area contributed by atoms with Crippen LogP contribution < -0.4 is 4.74 Å². The maximum atomic E-state index is 12.9. The topological polar surface area (TPSA) is 38.8 Å². The molecule has 25 heavy (non-hydrogen) atoms. The smallest absolute Gasteiger partial charge is 0.255 e. The molecule has 1 aliphatic rings. The van der Waals surface area contributed by atoms with E-state index in [1.54, 1.807) is 18.9 Å². The van der Waals surface area contributed by atoms with Gasteiger partial charge in [-0.15, -0.1) is 11.8 Å². The van der Waals surface area contributed by atoms with Crippen LogP contribution in [0.4, 0.5) is 0 Å². The summed E-state index contributed by atoms with van der Waals surface area (Å²) in [7, 11) is 1.66. The highest BCUT2D eigenvalue weighted by atomic mass is 32.2. The summed E-state index contributed by atoms with van der Waals surface area (Å²) in [5, 5.41) is 0. The number of nitrogens with zero attached hydrogens (tertiary/aromatic N) is 1. The van der Waals surface area contributed by atoms with Gasteiger partial charge in [0, 0.05) is 24.4 Å². The number of hydrogen-bond donors (Lipinski definition) is 0. The highest BCUT2D eigenvalue weighted by Gasteiger charge is 2.26. The molecule has 2 aromatic rings. The molecule has 1 aliphatic heterocycles. The van der Waals surface area contributed by atoms with Crippen LogP contribution in [0.3, 0.4) is 0 Å². The predicted octanol–water partition coefficient (Wildman–Crippen LogP) is 3.50. The monoisotopic (exact) mass is 357 g/mol. The lowest BCUT2D eigenvalue weighted by atomic mass is 10.1. The lowest BCUT2D eigenvalue weighted by molar-refractivity contribution is -0.0209. The molecule has 0 aromatic heterocycles. The third kappa shape index (κ3) is 4.35. The zero-order valence-corrected chi connectivity index (χ0v) is 15.4. The first-order valence-electron chi connectivity index (χ1n) is 8.38. The highest BCUT2D eigenvalue weighted by molar-refractivity contribution is 7.98. The Morgan fingerprint density at radius 2 is 2.00 bits per heavy atom. The third-order valence-electron chi connectivity index (χ3n) is 4.39. The summed E-state index contributed by atoms with van der Waals surface area (Å²) in [5.41, 5.74) is 1.96. The van der Waals surface area contributed by atoms with Crippen LogP contribution in [0.15, 0.2) is 53.4 Å². The number of rotatable bonds is 5. The summed E-state index contributed by atoms with van der Waals surface area (Å²) in [6.45, 7) is 1.84. The number of methoxy groups -OCH3 is 1. The van der Waals surface area contributed by atoms with Crippen molar-refractivity contribution in [3.8, 4) is 5.75 Å². The minimum absolute atomic E-state index is 0.0209. The Morgan fingerprint density at radius 3 is 2.72 bits per heavy atom. The van der Waals surface area contributed by atoms with E-state index in [2.05, 4.69) is 0 Å². The molecule has 0 saturated carbocycles. The Kier molecular flexibility index (Phi) is 6.00. The second-order valence-corrected chi connectivity index (χ2v) is 6.84. The van der Waals surface area contributed by atoms with Crippen molar-refractivity contribution in [3.05, 3.63) is 59.7 Å². The number of carbonyl (C=O) groups is 1. The molecular formula is C20H23NO3S. The quantitative estimate of drug-likeness (QED) is 0.768. The molecule has 132 valence electrons. The van der Waals surface area contributed by atoms with Crippen LogP contribution in [0.25, 0.3) is 0 Å². The van der Waals surface area contributed by atoms with Crippen LogP contribution in [0.1, 0.15) is 15.9 Å². The van der Waals surface area contributed by atoms with Crippen LogP contribution in [0.2, 0.25) is 0 Å². The van der Waals surface area contributed by atoms with Gasteiger partial charge in [-0.3, -0.25) is 4.79 Å². The van der Waals surface area contributed by atoms with E-state index in [4.69, 9.17) is 9.47 Å². The first kappa shape index (κ1) is 17.8. The maximum absolute atomic E-state index is 12.9. The van der Waals surface area contributed by atoms with E-state index >= 15 is 0 Å². The van der Waals surface area contributed by atoms with E-state index in [1.807, 2.05) is 59.7 Å². The molecule has 1 heterocycles. The summed E-state index contributed by atoms with van der Waals surface area (Å²) >= 11 is 1.60. The molecule has 1 atom stereocenters. The molecule has 0 spiro atoms. The van der Waals surface area contributed by atoms with Gasteiger partial charge < -0.3 is 14.4 Å². The van der Waals surface area contributed by atoms with Gasteiger partial charge in [0.1, 0.15) is 5.75 Å². The fourth-order valence-electron chi connectivity index (χ4n) is 3.04. The molecule has 0 radical (unpaired) electrons. The summed E-state index contributed by atoms with van der Waals surface area (Å²) in [6, 6.07) is 15.8. The zero-order valence-electron chi connectivity index (χ0n) is 14.6. The molecule has 1 saturated heterocycles. The van der Waals surface area contributed by atoms with Crippen LogP contribution in [-0.4, -0.2) is 50.0 Å². The van der Waals surface area contributed by atoms with E-state index in [0.717, 1.165) is 22.6 Å². The number of amides is 1. The summed E-state index contributed by atoms with van der Waals surface area (Å²) in [5.74, 6) is 0.937. The molecule has 3 rings (SSSR count). The van der Waals surface area contributed by atoms with Gasteiger partial charge in [-0.25, -0.2) is 0 Å². The van der Waals surface area contributed by atoms with Crippen LogP contribution in [0, 0.1) is 0 Å². The van der Waals surface area contributed by atoms with Crippen LogP contribution in [-0.2, 0) is 11.2 Å². The Labute approximate surface area is 153 Å². The van der Waals surface area contributed by atoms with Gasteiger partial charge >= 0.3 is 0 Å². The average molecular weight is 357 g/mol. The molecule has 2 aromatic carbocycles. The third-order valence-corrected chi connectivity index (χ3v) is 5.18. The summed E-state index contributed by atoms with van der Waals surface area (Å²) in [4.78, 5) is 15.8. The van der Waals surface area contributed by atoms with Crippen molar-refractivity contribution in [2.24, 2.45) is 0 Å². The van der Waals surface area contributed by atoms with Crippen molar-refractivity contribution in [2.75, 3.05) is 33.1 Å². The van der Waals surface area contributed by atoms with Gasteiger partial charge in [-0.2, -0.15) is 0 Å². The standard InChI is InChI=1S/C20H23NO3S/c1-23-16-9-7-15(8-10-16)13-17-14-21(11-12-24-17)20(22)18-5-3-4-6-19(18)25-2/h3-10,17H,11-14H2,1-2H3. The van der Waals surface area contributed by atoms with Crippen molar-refractivity contribution >= 4 is 17.7 Å². The van der Waals surface area contributed by atoms with Gasteiger partial charge in [-0.05, 0) is 36.1 Å². The van der Waals surface area contributed by atoms with Crippen molar-refractivity contribution < 1.29 is 14.3 Å². The van der Waals surface area contributed by atoms with Gasteiger partial charge in [0.25, 0.3) is 5.91 Å². The highest BCUT2D eigenvalue weighted by Crippen LogP contribution is 2.23. The van der Waals surface area contributed by atoms with E-state index in [0.29, 0.717) is 19.7 Å². The number of benzene rings is 2. The molecule has 0 N–H and O–H groups in total. The molecule has 4 nitrogen and oxygen atoms in total. The van der Waals surface area contributed by atoms with Crippen molar-refractivity contribution in [3.63, 3.8) is 0 Å². The molecule has 0 bridgehead atoms. The minimum atomic E-state index is 0.0209. The number of carbonyl (C=O) groups excluding carboxylic acids is 1. The lowest BCUT2D eigenvalue weighted by Gasteiger charge is -2.33. The Bertz CT molecular complexity index is 717. The minimum Gasteiger partial charge on any atom is -0.497 e. The number of thioether (sulfide) groups is 1. The second-order valence-electron chi connectivity index (χ2n) is 6.00.